The molecule has 2 amide bonds. The van der Waals surface area contributed by atoms with Gasteiger partial charge >= 0.3 is 0 Å². The Morgan fingerprint density at radius 1 is 1.29 bits per heavy atom. The Hall–Kier alpha value is -2.10. The van der Waals surface area contributed by atoms with Crippen molar-refractivity contribution in [1.82, 2.24) is 9.97 Å². The Balaban J connectivity index is 1.39. The number of benzene rings is 1. The molecule has 0 fully saturated rings. The number of imidazole rings is 1. The number of carbonyl (C=O) groups excluding carboxylic acids is 2. The van der Waals surface area contributed by atoms with Gasteiger partial charge in [-0.3, -0.25) is 9.59 Å². The fraction of sp³-hybridized carbons (Fsp3) is 0.211. The first-order valence-corrected chi connectivity index (χ1v) is 11.3. The van der Waals surface area contributed by atoms with Crippen molar-refractivity contribution in [2.24, 2.45) is 5.73 Å². The van der Waals surface area contributed by atoms with Gasteiger partial charge in [-0.2, -0.15) is 0 Å². The van der Waals surface area contributed by atoms with Crippen LogP contribution >= 0.6 is 39.0 Å². The molecule has 1 aliphatic rings. The van der Waals surface area contributed by atoms with Crippen LogP contribution in [0, 0.1) is 0 Å². The van der Waals surface area contributed by atoms with E-state index >= 15 is 0 Å². The molecule has 9 heteroatoms. The van der Waals surface area contributed by atoms with Gasteiger partial charge in [0.1, 0.15) is 5.00 Å². The highest BCUT2D eigenvalue weighted by Gasteiger charge is 2.26. The zero-order valence-corrected chi connectivity index (χ0v) is 18.0. The van der Waals surface area contributed by atoms with E-state index in [0.29, 0.717) is 15.7 Å². The van der Waals surface area contributed by atoms with Gasteiger partial charge in [-0.25, -0.2) is 4.98 Å². The van der Waals surface area contributed by atoms with Gasteiger partial charge in [-0.15, -0.1) is 11.3 Å². The van der Waals surface area contributed by atoms with Gasteiger partial charge in [0.25, 0.3) is 5.91 Å². The molecule has 0 atom stereocenters. The minimum Gasteiger partial charge on any atom is -0.365 e. The molecule has 6 nitrogen and oxygen atoms in total. The summed E-state index contributed by atoms with van der Waals surface area (Å²) >= 11 is 6.19. The maximum absolute atomic E-state index is 12.4. The maximum atomic E-state index is 12.4. The number of primary amides is 1. The third-order valence-corrected chi connectivity index (χ3v) is 7.09. The average molecular weight is 477 g/mol. The molecule has 1 aromatic carbocycles. The van der Waals surface area contributed by atoms with E-state index in [9.17, 15) is 9.59 Å². The summed E-state index contributed by atoms with van der Waals surface area (Å²) in [5.74, 6) is -0.477. The first-order chi connectivity index (χ1) is 13.5. The summed E-state index contributed by atoms with van der Waals surface area (Å²) in [6, 6.07) is 7.90. The Morgan fingerprint density at radius 3 is 2.82 bits per heavy atom. The highest BCUT2D eigenvalue weighted by atomic mass is 79.9. The van der Waals surface area contributed by atoms with Gasteiger partial charge in [0.05, 0.1) is 23.2 Å². The summed E-state index contributed by atoms with van der Waals surface area (Å²) in [5, 5.41) is 4.08. The molecule has 0 unspecified atom stereocenters. The molecular formula is C19H17BrN4O2S2. The lowest BCUT2D eigenvalue weighted by atomic mass is 10.1. The van der Waals surface area contributed by atoms with Gasteiger partial charge in [0.2, 0.25) is 5.91 Å². The second-order valence-corrected chi connectivity index (χ2v) is 9.36. The maximum Gasteiger partial charge on any atom is 0.251 e. The normalized spacial score (nSPS) is 12.8. The summed E-state index contributed by atoms with van der Waals surface area (Å²) < 4.78 is 1.01. The highest BCUT2D eigenvalue weighted by Crippen LogP contribution is 2.38. The van der Waals surface area contributed by atoms with Gasteiger partial charge in [-0.1, -0.05) is 39.8 Å². The van der Waals surface area contributed by atoms with Crippen LogP contribution in [0.2, 0.25) is 0 Å². The van der Waals surface area contributed by atoms with E-state index in [4.69, 9.17) is 5.73 Å². The third-order valence-electron chi connectivity index (χ3n) is 4.47. The van der Waals surface area contributed by atoms with Crippen molar-refractivity contribution in [2.45, 2.75) is 24.4 Å². The van der Waals surface area contributed by atoms with Crippen LogP contribution in [-0.4, -0.2) is 27.5 Å². The fourth-order valence-electron chi connectivity index (χ4n) is 3.20. The molecule has 1 aliphatic carbocycles. The minimum absolute atomic E-state index is 0.186. The number of nitrogens with zero attached hydrogens (tertiary/aromatic N) is 1. The molecule has 0 radical (unpaired) electrons. The number of thiophene rings is 1. The molecule has 0 saturated carbocycles. The summed E-state index contributed by atoms with van der Waals surface area (Å²) in [4.78, 5) is 32.9. The van der Waals surface area contributed by atoms with Crippen molar-refractivity contribution >= 4 is 55.8 Å². The zero-order valence-electron chi connectivity index (χ0n) is 14.8. The minimum atomic E-state index is -0.479. The van der Waals surface area contributed by atoms with Crippen molar-refractivity contribution < 1.29 is 9.59 Å². The Morgan fingerprint density at radius 2 is 2.07 bits per heavy atom. The van der Waals surface area contributed by atoms with Gasteiger partial charge in [0, 0.05) is 9.35 Å². The molecule has 4 rings (SSSR count). The largest absolute Gasteiger partial charge is 0.365 e. The summed E-state index contributed by atoms with van der Waals surface area (Å²) in [6.45, 7) is 0. The zero-order chi connectivity index (χ0) is 19.7. The molecule has 2 heterocycles. The quantitative estimate of drug-likeness (QED) is 0.463. The second kappa shape index (κ2) is 8.10. The molecule has 0 spiro atoms. The average Bonchev–Trinajstić information content (AvgIpc) is 3.36. The lowest BCUT2D eigenvalue weighted by Gasteiger charge is -2.05. The van der Waals surface area contributed by atoms with Gasteiger partial charge < -0.3 is 16.0 Å². The molecule has 144 valence electrons. The van der Waals surface area contributed by atoms with Crippen LogP contribution in [0.4, 0.5) is 5.00 Å². The number of nitrogens with one attached hydrogen (secondary N) is 2. The third kappa shape index (κ3) is 4.01. The molecule has 0 bridgehead atoms. The van der Waals surface area contributed by atoms with E-state index in [2.05, 4.69) is 31.2 Å². The van der Waals surface area contributed by atoms with Crippen LogP contribution < -0.4 is 11.1 Å². The van der Waals surface area contributed by atoms with Gasteiger partial charge in [-0.05, 0) is 42.5 Å². The van der Waals surface area contributed by atoms with Crippen LogP contribution in [0.3, 0.4) is 0 Å². The van der Waals surface area contributed by atoms with Gasteiger partial charge in [0.15, 0.2) is 5.16 Å². The topological polar surface area (TPSA) is 101 Å². The van der Waals surface area contributed by atoms with Crippen molar-refractivity contribution in [2.75, 3.05) is 11.1 Å². The number of rotatable bonds is 6. The number of fused-ring (bicyclic) bond motifs is 1. The first kappa shape index (κ1) is 19.2. The molecule has 0 aliphatic heterocycles. The number of H-pyrrole nitrogens is 1. The lowest BCUT2D eigenvalue weighted by Crippen LogP contribution is -2.18. The van der Waals surface area contributed by atoms with Crippen LogP contribution in [0.25, 0.3) is 11.3 Å². The van der Waals surface area contributed by atoms with E-state index in [-0.39, 0.29) is 11.7 Å². The van der Waals surface area contributed by atoms with Crippen molar-refractivity contribution in [1.29, 1.82) is 0 Å². The summed E-state index contributed by atoms with van der Waals surface area (Å²) in [7, 11) is 0. The van der Waals surface area contributed by atoms with E-state index in [1.165, 1.54) is 23.1 Å². The van der Waals surface area contributed by atoms with E-state index < -0.39 is 5.91 Å². The highest BCUT2D eigenvalue weighted by molar-refractivity contribution is 9.10. The number of hydrogen-bond acceptors (Lipinski definition) is 5. The van der Waals surface area contributed by atoms with Crippen LogP contribution in [0.5, 0.6) is 0 Å². The Kier molecular flexibility index (Phi) is 5.56. The van der Waals surface area contributed by atoms with Crippen LogP contribution in [0.1, 0.15) is 27.2 Å². The molecule has 2 aromatic heterocycles. The number of hydrogen-bond donors (Lipinski definition) is 3. The number of aryl methyl sites for hydroxylation is 1. The monoisotopic (exact) mass is 476 g/mol. The van der Waals surface area contributed by atoms with E-state index in [1.807, 2.05) is 24.3 Å². The second-order valence-electron chi connectivity index (χ2n) is 6.37. The number of halogens is 1. The Labute approximate surface area is 178 Å². The predicted octanol–water partition coefficient (Wildman–Crippen LogP) is 4.22. The van der Waals surface area contributed by atoms with E-state index in [0.717, 1.165) is 45.4 Å². The summed E-state index contributed by atoms with van der Waals surface area (Å²) in [5.41, 5.74) is 8.93. The van der Waals surface area contributed by atoms with Crippen molar-refractivity contribution in [3.63, 3.8) is 0 Å². The first-order valence-electron chi connectivity index (χ1n) is 8.69. The lowest BCUT2D eigenvalue weighted by molar-refractivity contribution is -0.113. The summed E-state index contributed by atoms with van der Waals surface area (Å²) in [6.07, 6.45) is 4.57. The number of thioether (sulfide) groups is 1. The number of nitrogens with two attached hydrogens (primary N) is 1. The smallest absolute Gasteiger partial charge is 0.251 e. The molecule has 3 aromatic rings. The number of amides is 2. The number of carbonyl (C=O) groups is 2. The molecule has 0 saturated heterocycles. The predicted molar refractivity (Wildman–Crippen MR) is 116 cm³/mol. The Bertz CT molecular complexity index is 1040. The molecule has 4 N–H and O–H groups in total. The molecular weight excluding hydrogens is 460 g/mol. The van der Waals surface area contributed by atoms with Crippen molar-refractivity contribution in [3.05, 3.63) is 50.9 Å². The SMILES string of the molecule is NC(=O)c1c(NC(=O)CSc2ncc(-c3ccc(Br)cc3)[nH]2)sc2c1CCC2. The van der Waals surface area contributed by atoms with E-state index in [1.54, 1.807) is 6.20 Å². The fourth-order valence-corrected chi connectivity index (χ4v) is 5.43. The van der Waals surface area contributed by atoms with Crippen LogP contribution in [0.15, 0.2) is 40.1 Å². The molecule has 28 heavy (non-hydrogen) atoms. The van der Waals surface area contributed by atoms with Crippen molar-refractivity contribution in [3.8, 4) is 11.3 Å². The number of aromatic nitrogens is 2. The number of aromatic amines is 1. The number of anilines is 1. The van der Waals surface area contributed by atoms with Crippen LogP contribution in [-0.2, 0) is 17.6 Å². The standard InChI is InChI=1S/C19H17BrN4O2S2/c20-11-6-4-10(5-7-11)13-8-22-19(23-13)27-9-15(25)24-18-16(17(21)26)12-2-1-3-14(12)28-18/h4-8H,1-3,9H2,(H2,21,26)(H,22,23)(H,24,25).